The predicted octanol–water partition coefficient (Wildman–Crippen LogP) is 4.54. The van der Waals surface area contributed by atoms with Gasteiger partial charge in [0.15, 0.2) is 0 Å². The molecule has 1 heterocycles. The molecule has 3 heteroatoms. The number of esters is 1. The van der Waals surface area contributed by atoms with Gasteiger partial charge in [0.05, 0.1) is 0 Å². The van der Waals surface area contributed by atoms with E-state index in [2.05, 4.69) is 17.1 Å². The first-order valence-corrected chi connectivity index (χ1v) is 7.98. The summed E-state index contributed by atoms with van der Waals surface area (Å²) in [6, 6.07) is 16.3. The first kappa shape index (κ1) is 15.3. The van der Waals surface area contributed by atoms with Gasteiger partial charge in [0, 0.05) is 23.5 Å². The third kappa shape index (κ3) is 4.01. The number of hydrogen-bond acceptors (Lipinski definition) is 2. The fourth-order valence-electron chi connectivity index (χ4n) is 2.68. The van der Waals surface area contributed by atoms with E-state index in [1.807, 2.05) is 49.5 Å². The van der Waals surface area contributed by atoms with E-state index >= 15 is 0 Å². The summed E-state index contributed by atoms with van der Waals surface area (Å²) >= 11 is 0. The maximum Gasteiger partial charge on any atom is 0.306 e. The van der Waals surface area contributed by atoms with Crippen molar-refractivity contribution in [3.63, 3.8) is 0 Å². The van der Waals surface area contributed by atoms with Crippen LogP contribution < -0.4 is 0 Å². The maximum absolute atomic E-state index is 11.8. The molecule has 118 valence electrons. The molecule has 0 aliphatic heterocycles. The van der Waals surface area contributed by atoms with E-state index in [9.17, 15) is 4.79 Å². The molecule has 23 heavy (non-hydrogen) atoms. The molecule has 0 bridgehead atoms. The Morgan fingerprint density at radius 1 is 1.09 bits per heavy atom. The second-order valence-corrected chi connectivity index (χ2v) is 5.86. The molecule has 0 spiro atoms. The smallest absolute Gasteiger partial charge is 0.306 e. The Balaban J connectivity index is 1.45. The molecule has 3 nitrogen and oxygen atoms in total. The van der Waals surface area contributed by atoms with Gasteiger partial charge in [-0.3, -0.25) is 4.79 Å². The van der Waals surface area contributed by atoms with E-state index < -0.39 is 0 Å². The highest BCUT2D eigenvalue weighted by atomic mass is 16.5. The van der Waals surface area contributed by atoms with Gasteiger partial charge in [-0.1, -0.05) is 48.0 Å². The number of rotatable bonds is 6. The minimum Gasteiger partial charge on any atom is -0.461 e. The molecule has 0 atom stereocenters. The Bertz CT molecular complexity index is 787. The average molecular weight is 307 g/mol. The summed E-state index contributed by atoms with van der Waals surface area (Å²) in [5.41, 5.74) is 4.63. The van der Waals surface area contributed by atoms with Crippen molar-refractivity contribution < 1.29 is 9.53 Å². The Kier molecular flexibility index (Phi) is 4.77. The SMILES string of the molecule is Cc1ccc(COC(=O)CCCc2c[nH]c3ccccc23)cc1. The van der Waals surface area contributed by atoms with Crippen LogP contribution in [0.15, 0.2) is 54.7 Å². The number of aromatic amines is 1. The van der Waals surface area contributed by atoms with Gasteiger partial charge in [-0.05, 0) is 37.0 Å². The lowest BCUT2D eigenvalue weighted by Crippen LogP contribution is -2.05. The third-order valence-corrected chi connectivity index (χ3v) is 4.02. The lowest BCUT2D eigenvalue weighted by molar-refractivity contribution is -0.145. The zero-order valence-electron chi connectivity index (χ0n) is 13.3. The van der Waals surface area contributed by atoms with Crippen LogP contribution in [0, 0.1) is 6.92 Å². The molecule has 3 aromatic rings. The first-order chi connectivity index (χ1) is 11.2. The number of H-pyrrole nitrogens is 1. The molecular formula is C20H21NO2. The zero-order chi connectivity index (χ0) is 16.1. The number of fused-ring (bicyclic) bond motifs is 1. The van der Waals surface area contributed by atoms with Gasteiger partial charge in [-0.15, -0.1) is 0 Å². The first-order valence-electron chi connectivity index (χ1n) is 7.98. The quantitative estimate of drug-likeness (QED) is 0.679. The lowest BCUT2D eigenvalue weighted by Gasteiger charge is -2.05. The Labute approximate surface area is 136 Å². The summed E-state index contributed by atoms with van der Waals surface area (Å²) in [7, 11) is 0. The molecule has 0 fully saturated rings. The van der Waals surface area contributed by atoms with Gasteiger partial charge in [0.2, 0.25) is 0 Å². The second-order valence-electron chi connectivity index (χ2n) is 5.86. The predicted molar refractivity (Wildman–Crippen MR) is 92.2 cm³/mol. The number of ether oxygens (including phenoxy) is 1. The number of hydrogen-bond donors (Lipinski definition) is 1. The fourth-order valence-corrected chi connectivity index (χ4v) is 2.68. The van der Waals surface area contributed by atoms with Crippen molar-refractivity contribution in [2.75, 3.05) is 0 Å². The van der Waals surface area contributed by atoms with Crippen LogP contribution in [0.4, 0.5) is 0 Å². The molecule has 2 aromatic carbocycles. The summed E-state index contributed by atoms with van der Waals surface area (Å²) in [5, 5.41) is 1.24. The number of para-hydroxylation sites is 1. The van der Waals surface area contributed by atoms with Crippen molar-refractivity contribution in [2.45, 2.75) is 32.8 Å². The second kappa shape index (κ2) is 7.14. The molecular weight excluding hydrogens is 286 g/mol. The maximum atomic E-state index is 11.8. The molecule has 0 unspecified atom stereocenters. The van der Waals surface area contributed by atoms with Gasteiger partial charge in [0.1, 0.15) is 6.61 Å². The molecule has 0 saturated carbocycles. The van der Waals surface area contributed by atoms with E-state index in [-0.39, 0.29) is 5.97 Å². The molecule has 0 radical (unpaired) electrons. The van der Waals surface area contributed by atoms with Crippen molar-refractivity contribution in [1.82, 2.24) is 4.98 Å². The molecule has 1 N–H and O–H groups in total. The highest BCUT2D eigenvalue weighted by Crippen LogP contribution is 2.19. The van der Waals surface area contributed by atoms with Crippen molar-refractivity contribution in [3.05, 3.63) is 71.4 Å². The average Bonchev–Trinajstić information content (AvgIpc) is 2.98. The summed E-state index contributed by atoms with van der Waals surface area (Å²) in [4.78, 5) is 15.1. The monoisotopic (exact) mass is 307 g/mol. The number of carbonyl (C=O) groups excluding carboxylic acids is 1. The summed E-state index contributed by atoms with van der Waals surface area (Å²) < 4.78 is 5.33. The van der Waals surface area contributed by atoms with Crippen LogP contribution in [0.1, 0.15) is 29.5 Å². The van der Waals surface area contributed by atoms with E-state index in [0.29, 0.717) is 13.0 Å². The molecule has 3 rings (SSSR count). The van der Waals surface area contributed by atoms with Crippen LogP contribution in [0.2, 0.25) is 0 Å². The number of aryl methyl sites for hydroxylation is 2. The van der Waals surface area contributed by atoms with Crippen LogP contribution in [-0.4, -0.2) is 11.0 Å². The lowest BCUT2D eigenvalue weighted by atomic mass is 10.1. The Hall–Kier alpha value is -2.55. The summed E-state index contributed by atoms with van der Waals surface area (Å²) in [6.45, 7) is 2.40. The largest absolute Gasteiger partial charge is 0.461 e. The van der Waals surface area contributed by atoms with E-state index in [0.717, 1.165) is 23.9 Å². The van der Waals surface area contributed by atoms with Crippen LogP contribution in [0.3, 0.4) is 0 Å². The van der Waals surface area contributed by atoms with Gasteiger partial charge < -0.3 is 9.72 Å². The normalized spacial score (nSPS) is 10.8. The number of aromatic nitrogens is 1. The molecule has 0 aliphatic carbocycles. The summed E-state index contributed by atoms with van der Waals surface area (Å²) in [5.74, 6) is -0.134. The molecule has 0 aliphatic rings. The van der Waals surface area contributed by atoms with Crippen LogP contribution in [-0.2, 0) is 22.6 Å². The molecule has 0 saturated heterocycles. The minimum absolute atomic E-state index is 0.134. The highest BCUT2D eigenvalue weighted by Gasteiger charge is 2.06. The topological polar surface area (TPSA) is 42.1 Å². The van der Waals surface area contributed by atoms with Crippen molar-refractivity contribution >= 4 is 16.9 Å². The van der Waals surface area contributed by atoms with Gasteiger partial charge in [-0.25, -0.2) is 0 Å². The van der Waals surface area contributed by atoms with E-state index in [4.69, 9.17) is 4.74 Å². The van der Waals surface area contributed by atoms with Gasteiger partial charge in [-0.2, -0.15) is 0 Å². The van der Waals surface area contributed by atoms with Crippen LogP contribution in [0.5, 0.6) is 0 Å². The fraction of sp³-hybridized carbons (Fsp3) is 0.250. The Morgan fingerprint density at radius 3 is 2.70 bits per heavy atom. The molecule has 0 amide bonds. The van der Waals surface area contributed by atoms with Crippen LogP contribution >= 0.6 is 0 Å². The molecule has 1 aromatic heterocycles. The highest BCUT2D eigenvalue weighted by molar-refractivity contribution is 5.83. The van der Waals surface area contributed by atoms with E-state index in [1.54, 1.807) is 0 Å². The van der Waals surface area contributed by atoms with Crippen molar-refractivity contribution in [2.24, 2.45) is 0 Å². The van der Waals surface area contributed by atoms with Crippen molar-refractivity contribution in [1.29, 1.82) is 0 Å². The van der Waals surface area contributed by atoms with Crippen LogP contribution in [0.25, 0.3) is 10.9 Å². The van der Waals surface area contributed by atoms with Gasteiger partial charge in [0.25, 0.3) is 0 Å². The number of benzene rings is 2. The minimum atomic E-state index is -0.134. The Morgan fingerprint density at radius 2 is 1.87 bits per heavy atom. The van der Waals surface area contributed by atoms with Crippen molar-refractivity contribution in [3.8, 4) is 0 Å². The number of carbonyl (C=O) groups is 1. The summed E-state index contributed by atoms with van der Waals surface area (Å²) in [6.07, 6.45) is 4.16. The standard InChI is InChI=1S/C20H21NO2/c1-15-9-11-16(12-10-15)14-23-20(22)8-4-5-17-13-21-19-7-3-2-6-18(17)19/h2-3,6-7,9-13,21H,4-5,8,14H2,1H3. The van der Waals surface area contributed by atoms with E-state index in [1.165, 1.54) is 16.5 Å². The zero-order valence-corrected chi connectivity index (χ0v) is 13.3. The number of nitrogens with one attached hydrogen (secondary N) is 1. The third-order valence-electron chi connectivity index (χ3n) is 4.02. The van der Waals surface area contributed by atoms with Gasteiger partial charge >= 0.3 is 5.97 Å².